The molecule has 1 aromatic carbocycles. The van der Waals surface area contributed by atoms with Crippen molar-refractivity contribution in [2.45, 2.75) is 20.8 Å². The van der Waals surface area contributed by atoms with E-state index >= 15 is 0 Å². The zero-order valence-electron chi connectivity index (χ0n) is 11.9. The lowest BCUT2D eigenvalue weighted by Gasteiger charge is -2.05. The maximum Gasteiger partial charge on any atom is 0.221 e. The highest BCUT2D eigenvalue weighted by Crippen LogP contribution is 2.26. The number of aromatic nitrogens is 1. The number of benzene rings is 1. The molecule has 0 spiro atoms. The van der Waals surface area contributed by atoms with Crippen LogP contribution in [0.1, 0.15) is 20.8 Å². The van der Waals surface area contributed by atoms with Crippen LogP contribution < -0.4 is 10.6 Å². The number of carbonyl (C=O) groups excluding carboxylic acids is 1. The molecule has 2 aromatic rings. The molecule has 0 radical (unpaired) electrons. The van der Waals surface area contributed by atoms with Crippen molar-refractivity contribution in [2.75, 3.05) is 17.2 Å². The second kappa shape index (κ2) is 6.52. The van der Waals surface area contributed by atoms with Gasteiger partial charge in [-0.15, -0.1) is 11.3 Å². The number of rotatable bonds is 5. The summed E-state index contributed by atoms with van der Waals surface area (Å²) >= 11 is 1.61. The second-order valence-electron chi connectivity index (χ2n) is 5.07. The highest BCUT2D eigenvalue weighted by Gasteiger charge is 2.05. The molecule has 106 valence electrons. The normalized spacial score (nSPS) is 10.6. The third kappa shape index (κ3) is 4.06. The number of hydrogen-bond donors (Lipinski definition) is 2. The Balaban J connectivity index is 2.06. The summed E-state index contributed by atoms with van der Waals surface area (Å²) < 4.78 is 0. The number of amides is 1. The number of carbonyl (C=O) groups is 1. The van der Waals surface area contributed by atoms with Gasteiger partial charge < -0.3 is 10.6 Å². The maximum absolute atomic E-state index is 11.0. The lowest BCUT2D eigenvalue weighted by atomic mass is 10.1. The molecule has 0 aliphatic rings. The summed E-state index contributed by atoms with van der Waals surface area (Å²) in [6, 6.07) is 7.70. The third-order valence-electron chi connectivity index (χ3n) is 2.67. The van der Waals surface area contributed by atoms with Crippen molar-refractivity contribution in [1.29, 1.82) is 0 Å². The summed E-state index contributed by atoms with van der Waals surface area (Å²) in [5, 5.41) is 9.06. The minimum Gasteiger partial charge on any atom is -0.361 e. The Morgan fingerprint density at radius 1 is 1.30 bits per heavy atom. The fourth-order valence-corrected chi connectivity index (χ4v) is 2.44. The Morgan fingerprint density at radius 3 is 2.60 bits per heavy atom. The van der Waals surface area contributed by atoms with Gasteiger partial charge in [-0.1, -0.05) is 26.0 Å². The number of nitrogens with zero attached hydrogens (tertiary/aromatic N) is 1. The average molecular weight is 289 g/mol. The van der Waals surface area contributed by atoms with Gasteiger partial charge in [-0.2, -0.15) is 0 Å². The van der Waals surface area contributed by atoms with Gasteiger partial charge in [0.1, 0.15) is 0 Å². The molecule has 0 fully saturated rings. The van der Waals surface area contributed by atoms with E-state index in [0.717, 1.165) is 28.6 Å². The molecule has 1 amide bonds. The van der Waals surface area contributed by atoms with Gasteiger partial charge in [0.2, 0.25) is 5.91 Å². The van der Waals surface area contributed by atoms with Gasteiger partial charge in [-0.25, -0.2) is 4.98 Å². The topological polar surface area (TPSA) is 54.0 Å². The van der Waals surface area contributed by atoms with Crippen LogP contribution in [0.3, 0.4) is 0 Å². The van der Waals surface area contributed by atoms with Crippen LogP contribution in [0.5, 0.6) is 0 Å². The standard InChI is InChI=1S/C15H19N3OS/c1-10(2)8-16-15-18-14(9-20-15)12-4-6-13(7-5-12)17-11(3)19/h4-7,9-10H,8H2,1-3H3,(H,16,18)(H,17,19). The molecule has 4 nitrogen and oxygen atoms in total. The van der Waals surface area contributed by atoms with E-state index in [1.54, 1.807) is 11.3 Å². The predicted molar refractivity (Wildman–Crippen MR) is 85.2 cm³/mol. The highest BCUT2D eigenvalue weighted by molar-refractivity contribution is 7.14. The van der Waals surface area contributed by atoms with Gasteiger partial charge in [-0.3, -0.25) is 4.79 Å². The smallest absolute Gasteiger partial charge is 0.221 e. The highest BCUT2D eigenvalue weighted by atomic mass is 32.1. The quantitative estimate of drug-likeness (QED) is 0.879. The molecule has 2 rings (SSSR count). The molecule has 0 unspecified atom stereocenters. The molecule has 0 saturated heterocycles. The van der Waals surface area contributed by atoms with Gasteiger partial charge in [0.25, 0.3) is 0 Å². The first-order chi connectivity index (χ1) is 9.54. The molecular formula is C15H19N3OS. The van der Waals surface area contributed by atoms with Gasteiger partial charge >= 0.3 is 0 Å². The molecule has 0 atom stereocenters. The van der Waals surface area contributed by atoms with Crippen LogP contribution in [-0.2, 0) is 4.79 Å². The summed E-state index contributed by atoms with van der Waals surface area (Å²) in [5.74, 6) is 0.533. The van der Waals surface area contributed by atoms with Crippen molar-refractivity contribution in [2.24, 2.45) is 5.92 Å². The van der Waals surface area contributed by atoms with E-state index in [1.165, 1.54) is 6.92 Å². The van der Waals surface area contributed by atoms with Gasteiger partial charge in [0.05, 0.1) is 5.69 Å². The van der Waals surface area contributed by atoms with Crippen molar-refractivity contribution in [3.05, 3.63) is 29.6 Å². The zero-order valence-corrected chi connectivity index (χ0v) is 12.8. The van der Waals surface area contributed by atoms with Gasteiger partial charge in [0.15, 0.2) is 5.13 Å². The summed E-state index contributed by atoms with van der Waals surface area (Å²) in [4.78, 5) is 15.5. The molecule has 2 N–H and O–H groups in total. The van der Waals surface area contributed by atoms with Crippen LogP contribution in [0, 0.1) is 5.92 Å². The first-order valence-corrected chi connectivity index (χ1v) is 7.50. The third-order valence-corrected chi connectivity index (χ3v) is 3.47. The minimum atomic E-state index is -0.0634. The van der Waals surface area contributed by atoms with E-state index < -0.39 is 0 Å². The molecule has 20 heavy (non-hydrogen) atoms. The van der Waals surface area contributed by atoms with E-state index in [4.69, 9.17) is 0 Å². The van der Waals surface area contributed by atoms with E-state index in [9.17, 15) is 4.79 Å². The monoisotopic (exact) mass is 289 g/mol. The number of anilines is 2. The van der Waals surface area contributed by atoms with E-state index in [0.29, 0.717) is 5.92 Å². The lowest BCUT2D eigenvalue weighted by molar-refractivity contribution is -0.114. The van der Waals surface area contributed by atoms with E-state index in [1.807, 2.05) is 29.6 Å². The maximum atomic E-state index is 11.0. The van der Waals surface area contributed by atoms with E-state index in [2.05, 4.69) is 29.5 Å². The Kier molecular flexibility index (Phi) is 4.74. The van der Waals surface area contributed by atoms with Crippen molar-refractivity contribution >= 4 is 28.1 Å². The molecule has 1 heterocycles. The van der Waals surface area contributed by atoms with Crippen LogP contribution in [-0.4, -0.2) is 17.4 Å². The number of nitrogens with one attached hydrogen (secondary N) is 2. The fourth-order valence-electron chi connectivity index (χ4n) is 1.71. The van der Waals surface area contributed by atoms with Crippen LogP contribution in [0.15, 0.2) is 29.6 Å². The molecule has 0 bridgehead atoms. The van der Waals surface area contributed by atoms with Gasteiger partial charge in [-0.05, 0) is 18.1 Å². The Labute approximate surface area is 123 Å². The van der Waals surface area contributed by atoms with Crippen LogP contribution in [0.4, 0.5) is 10.8 Å². The first kappa shape index (κ1) is 14.5. The van der Waals surface area contributed by atoms with Crippen molar-refractivity contribution in [3.63, 3.8) is 0 Å². The molecule has 0 aliphatic heterocycles. The Bertz CT molecular complexity index is 575. The Morgan fingerprint density at radius 2 is 2.00 bits per heavy atom. The summed E-state index contributed by atoms with van der Waals surface area (Å²) in [7, 11) is 0. The second-order valence-corrected chi connectivity index (χ2v) is 5.93. The lowest BCUT2D eigenvalue weighted by Crippen LogP contribution is -2.07. The largest absolute Gasteiger partial charge is 0.361 e. The fraction of sp³-hybridized carbons (Fsp3) is 0.333. The van der Waals surface area contributed by atoms with E-state index in [-0.39, 0.29) is 5.91 Å². The van der Waals surface area contributed by atoms with Crippen LogP contribution in [0.2, 0.25) is 0 Å². The first-order valence-electron chi connectivity index (χ1n) is 6.62. The predicted octanol–water partition coefficient (Wildman–Crippen LogP) is 3.84. The van der Waals surface area contributed by atoms with Crippen LogP contribution in [0.25, 0.3) is 11.3 Å². The molecule has 0 saturated carbocycles. The summed E-state index contributed by atoms with van der Waals surface area (Å²) in [5.41, 5.74) is 2.80. The summed E-state index contributed by atoms with van der Waals surface area (Å²) in [6.07, 6.45) is 0. The molecule has 1 aromatic heterocycles. The molecule has 0 aliphatic carbocycles. The summed E-state index contributed by atoms with van der Waals surface area (Å²) in [6.45, 7) is 6.76. The zero-order chi connectivity index (χ0) is 14.5. The molecule has 5 heteroatoms. The SMILES string of the molecule is CC(=O)Nc1ccc(-c2csc(NCC(C)C)n2)cc1. The van der Waals surface area contributed by atoms with Crippen LogP contribution >= 0.6 is 11.3 Å². The molecular weight excluding hydrogens is 270 g/mol. The average Bonchev–Trinajstić information content (AvgIpc) is 2.85. The Hall–Kier alpha value is -1.88. The van der Waals surface area contributed by atoms with Crippen molar-refractivity contribution < 1.29 is 4.79 Å². The number of hydrogen-bond acceptors (Lipinski definition) is 4. The van der Waals surface area contributed by atoms with Crippen molar-refractivity contribution in [3.8, 4) is 11.3 Å². The van der Waals surface area contributed by atoms with Gasteiger partial charge in [0, 0.05) is 30.1 Å². The van der Waals surface area contributed by atoms with Crippen molar-refractivity contribution in [1.82, 2.24) is 4.98 Å². The number of thiazole rings is 1. The minimum absolute atomic E-state index is 0.0634.